The molecule has 0 saturated carbocycles. The van der Waals surface area contributed by atoms with Crippen molar-refractivity contribution in [3.05, 3.63) is 22.2 Å². The number of esters is 1. The summed E-state index contributed by atoms with van der Waals surface area (Å²) in [7, 11) is 0. The topological polar surface area (TPSA) is 69.0 Å². The highest BCUT2D eigenvalue weighted by atomic mass is 79.9. The molecule has 0 bridgehead atoms. The molecule has 0 N–H and O–H groups in total. The minimum Gasteiger partial charge on any atom is -0.461 e. The number of hydrogen-bond acceptors (Lipinski definition) is 6. The summed E-state index contributed by atoms with van der Waals surface area (Å²) in [6.07, 6.45) is 1.85. The molecule has 3 heterocycles. The van der Waals surface area contributed by atoms with E-state index in [0.29, 0.717) is 30.1 Å². The van der Waals surface area contributed by atoms with Gasteiger partial charge in [-0.25, -0.2) is 14.8 Å². The Hall–Kier alpha value is -1.67. The fraction of sp³-hybridized carbons (Fsp3) is 0.500. The number of halogens is 1. The Balaban J connectivity index is 2.12. The molecule has 0 spiro atoms. The van der Waals surface area contributed by atoms with Crippen LogP contribution in [0.15, 0.2) is 10.8 Å². The van der Waals surface area contributed by atoms with Gasteiger partial charge >= 0.3 is 5.97 Å². The first-order chi connectivity index (χ1) is 10.6. The fourth-order valence-electron chi connectivity index (χ4n) is 2.44. The van der Waals surface area contributed by atoms with Gasteiger partial charge in [0.15, 0.2) is 17.2 Å². The maximum absolute atomic E-state index is 12.0. The molecule has 2 aromatic heterocycles. The van der Waals surface area contributed by atoms with Gasteiger partial charge in [0.25, 0.3) is 0 Å². The Labute approximate surface area is 136 Å². The molecule has 8 heteroatoms. The predicted molar refractivity (Wildman–Crippen MR) is 84.4 cm³/mol. The van der Waals surface area contributed by atoms with Crippen molar-refractivity contribution in [2.24, 2.45) is 0 Å². The average Bonchev–Trinajstić information content (AvgIpc) is 2.85. The second-order valence-corrected chi connectivity index (χ2v) is 5.72. The van der Waals surface area contributed by atoms with E-state index in [1.165, 1.54) is 0 Å². The van der Waals surface area contributed by atoms with Crippen molar-refractivity contribution < 1.29 is 14.3 Å². The third-order valence-electron chi connectivity index (χ3n) is 3.43. The number of fused-ring (bicyclic) bond motifs is 1. The van der Waals surface area contributed by atoms with E-state index in [9.17, 15) is 4.79 Å². The van der Waals surface area contributed by atoms with Gasteiger partial charge in [-0.3, -0.25) is 4.40 Å². The second-order valence-electron chi connectivity index (χ2n) is 4.97. The first-order valence-electron chi connectivity index (χ1n) is 7.16. The summed E-state index contributed by atoms with van der Waals surface area (Å²) in [6.45, 7) is 6.83. The fourth-order valence-corrected chi connectivity index (χ4v) is 2.96. The number of morpholine rings is 1. The van der Waals surface area contributed by atoms with Crippen LogP contribution in [0.4, 0.5) is 5.82 Å². The molecule has 0 unspecified atom stereocenters. The highest BCUT2D eigenvalue weighted by Gasteiger charge is 2.24. The Morgan fingerprint density at radius 1 is 1.41 bits per heavy atom. The lowest BCUT2D eigenvalue weighted by molar-refractivity contribution is 0.0519. The maximum Gasteiger partial charge on any atom is 0.359 e. The molecule has 0 radical (unpaired) electrons. The summed E-state index contributed by atoms with van der Waals surface area (Å²) in [4.78, 5) is 23.2. The second kappa shape index (κ2) is 6.21. The van der Waals surface area contributed by atoms with Crippen LogP contribution < -0.4 is 4.90 Å². The van der Waals surface area contributed by atoms with Crippen LogP contribution in [0, 0.1) is 6.92 Å². The summed E-state index contributed by atoms with van der Waals surface area (Å²) < 4.78 is 12.9. The molecule has 1 saturated heterocycles. The van der Waals surface area contributed by atoms with Crippen molar-refractivity contribution >= 4 is 33.4 Å². The Bertz CT molecular complexity index is 710. The molecule has 1 aliphatic heterocycles. The van der Waals surface area contributed by atoms with Crippen LogP contribution in [0.25, 0.3) is 5.65 Å². The van der Waals surface area contributed by atoms with Gasteiger partial charge in [-0.2, -0.15) is 0 Å². The molecule has 1 aliphatic rings. The summed E-state index contributed by atoms with van der Waals surface area (Å²) in [5.41, 5.74) is 1.76. The minimum atomic E-state index is -0.441. The molecule has 2 aromatic rings. The quantitative estimate of drug-likeness (QED) is 0.769. The number of aromatic nitrogens is 3. The van der Waals surface area contributed by atoms with Gasteiger partial charge in [0.05, 0.1) is 25.5 Å². The zero-order valence-corrected chi connectivity index (χ0v) is 14.1. The molecule has 3 rings (SSSR count). The van der Waals surface area contributed by atoms with E-state index in [-0.39, 0.29) is 5.69 Å². The number of ether oxygens (including phenoxy) is 2. The van der Waals surface area contributed by atoms with E-state index < -0.39 is 5.97 Å². The van der Waals surface area contributed by atoms with E-state index in [1.807, 2.05) is 17.5 Å². The predicted octanol–water partition coefficient (Wildman–Crippen LogP) is 1.81. The van der Waals surface area contributed by atoms with Gasteiger partial charge in [0, 0.05) is 19.3 Å². The number of anilines is 1. The highest BCUT2D eigenvalue weighted by Crippen LogP contribution is 2.26. The summed E-state index contributed by atoms with van der Waals surface area (Å²) in [5, 5.41) is 0. The molecule has 0 amide bonds. The molecule has 1 fully saturated rings. The van der Waals surface area contributed by atoms with E-state index in [1.54, 1.807) is 6.92 Å². The standard InChI is InChI=1S/C14H17BrN4O3/c1-3-22-14(20)10-11(15)19-8-9(2)16-12(13(19)17-10)18-4-6-21-7-5-18/h8H,3-7H2,1-2H3. The summed E-state index contributed by atoms with van der Waals surface area (Å²) >= 11 is 3.44. The first kappa shape index (κ1) is 15.2. The van der Waals surface area contributed by atoms with Gasteiger partial charge < -0.3 is 14.4 Å². The molecule has 0 atom stereocenters. The van der Waals surface area contributed by atoms with Crippen molar-refractivity contribution in [2.45, 2.75) is 13.8 Å². The third kappa shape index (κ3) is 2.68. The molecule has 0 aliphatic carbocycles. The van der Waals surface area contributed by atoms with Gasteiger partial charge in [-0.05, 0) is 29.8 Å². The zero-order chi connectivity index (χ0) is 15.7. The number of rotatable bonds is 3. The Kier molecular flexibility index (Phi) is 4.30. The lowest BCUT2D eigenvalue weighted by atomic mass is 10.4. The molecule has 118 valence electrons. The van der Waals surface area contributed by atoms with Crippen LogP contribution in [0.5, 0.6) is 0 Å². The number of aryl methyl sites for hydroxylation is 1. The Morgan fingerprint density at radius 2 is 2.14 bits per heavy atom. The monoisotopic (exact) mass is 368 g/mol. The lowest BCUT2D eigenvalue weighted by Gasteiger charge is -2.28. The number of carbonyl (C=O) groups is 1. The molecule has 0 aromatic carbocycles. The molecule has 7 nitrogen and oxygen atoms in total. The minimum absolute atomic E-state index is 0.267. The van der Waals surface area contributed by atoms with E-state index in [4.69, 9.17) is 9.47 Å². The van der Waals surface area contributed by atoms with Crippen molar-refractivity contribution in [2.75, 3.05) is 37.8 Å². The van der Waals surface area contributed by atoms with Gasteiger partial charge in [-0.1, -0.05) is 0 Å². The van der Waals surface area contributed by atoms with Gasteiger partial charge in [-0.15, -0.1) is 0 Å². The van der Waals surface area contributed by atoms with Crippen molar-refractivity contribution in [3.63, 3.8) is 0 Å². The van der Waals surface area contributed by atoms with Gasteiger partial charge in [0.2, 0.25) is 0 Å². The number of imidazole rings is 1. The molecule has 22 heavy (non-hydrogen) atoms. The number of carbonyl (C=O) groups excluding carboxylic acids is 1. The average molecular weight is 369 g/mol. The van der Waals surface area contributed by atoms with Crippen LogP contribution in [-0.4, -0.2) is 53.2 Å². The SMILES string of the molecule is CCOC(=O)c1nc2c(N3CCOCC3)nc(C)cn2c1Br. The van der Waals surface area contributed by atoms with Crippen molar-refractivity contribution in [1.29, 1.82) is 0 Å². The van der Waals surface area contributed by atoms with Crippen LogP contribution in [-0.2, 0) is 9.47 Å². The number of nitrogens with zero attached hydrogens (tertiary/aromatic N) is 4. The van der Waals surface area contributed by atoms with Crippen LogP contribution in [0.1, 0.15) is 23.1 Å². The largest absolute Gasteiger partial charge is 0.461 e. The smallest absolute Gasteiger partial charge is 0.359 e. The van der Waals surface area contributed by atoms with E-state index in [0.717, 1.165) is 24.6 Å². The van der Waals surface area contributed by atoms with Crippen LogP contribution >= 0.6 is 15.9 Å². The van der Waals surface area contributed by atoms with E-state index in [2.05, 4.69) is 30.8 Å². The number of hydrogen-bond donors (Lipinski definition) is 0. The maximum atomic E-state index is 12.0. The van der Waals surface area contributed by atoms with Crippen molar-refractivity contribution in [1.82, 2.24) is 14.4 Å². The summed E-state index contributed by atoms with van der Waals surface area (Å²) in [6, 6.07) is 0. The van der Waals surface area contributed by atoms with Gasteiger partial charge in [0.1, 0.15) is 4.60 Å². The summed E-state index contributed by atoms with van der Waals surface area (Å²) in [5.74, 6) is 0.322. The van der Waals surface area contributed by atoms with E-state index >= 15 is 0 Å². The Morgan fingerprint density at radius 3 is 2.82 bits per heavy atom. The lowest BCUT2D eigenvalue weighted by Crippen LogP contribution is -2.37. The zero-order valence-electron chi connectivity index (χ0n) is 12.5. The van der Waals surface area contributed by atoms with Crippen LogP contribution in [0.2, 0.25) is 0 Å². The van der Waals surface area contributed by atoms with Crippen LogP contribution in [0.3, 0.4) is 0 Å². The molecular formula is C14H17BrN4O3. The molecular weight excluding hydrogens is 352 g/mol. The highest BCUT2D eigenvalue weighted by molar-refractivity contribution is 9.10. The normalized spacial score (nSPS) is 15.3. The first-order valence-corrected chi connectivity index (χ1v) is 7.96. The third-order valence-corrected chi connectivity index (χ3v) is 4.19. The van der Waals surface area contributed by atoms with Crippen molar-refractivity contribution in [3.8, 4) is 0 Å².